The molecule has 5 N–H and O–H groups in total. The second kappa shape index (κ2) is 9.90. The van der Waals surface area contributed by atoms with Crippen molar-refractivity contribution < 1.29 is 23.5 Å². The zero-order valence-corrected chi connectivity index (χ0v) is 16.2. The lowest BCUT2D eigenvalue weighted by atomic mass is 10.3. The Bertz CT molecular complexity index is 901. The molecule has 1 atom stereocenters. The molecule has 0 aliphatic carbocycles. The Morgan fingerprint density at radius 3 is 2.64 bits per heavy atom. The highest BCUT2D eigenvalue weighted by Crippen LogP contribution is 2.37. The van der Waals surface area contributed by atoms with Crippen molar-refractivity contribution in [3.63, 3.8) is 0 Å². The van der Waals surface area contributed by atoms with E-state index in [1.54, 1.807) is 43.4 Å². The number of anilines is 2. The van der Waals surface area contributed by atoms with Gasteiger partial charge in [-0.3, -0.25) is 13.9 Å². The van der Waals surface area contributed by atoms with Crippen molar-refractivity contribution in [3.05, 3.63) is 36.4 Å². The summed E-state index contributed by atoms with van der Waals surface area (Å²) < 4.78 is 21.1. The predicted molar refractivity (Wildman–Crippen MR) is 104 cm³/mol. The van der Waals surface area contributed by atoms with Gasteiger partial charge in [-0.25, -0.2) is 4.98 Å². The quantitative estimate of drug-likeness (QED) is 0.279. The lowest BCUT2D eigenvalue weighted by Crippen LogP contribution is -2.25. The van der Waals surface area contributed by atoms with E-state index in [0.717, 1.165) is 6.66 Å². The average Bonchev–Trinajstić information content (AvgIpc) is 2.61. The van der Waals surface area contributed by atoms with Crippen LogP contribution in [-0.4, -0.2) is 42.8 Å². The molecule has 0 bridgehead atoms. The highest BCUT2D eigenvalue weighted by Gasteiger charge is 2.11. The number of para-hydroxylation sites is 1. The predicted octanol–water partition coefficient (Wildman–Crippen LogP) is 2.41. The third-order valence-electron chi connectivity index (χ3n) is 3.14. The van der Waals surface area contributed by atoms with Gasteiger partial charge >= 0.3 is 7.60 Å². The molecule has 1 amide bonds. The van der Waals surface area contributed by atoms with E-state index in [4.69, 9.17) is 15.4 Å². The molecule has 11 nitrogen and oxygen atoms in total. The number of rotatable bonds is 9. The maximum absolute atomic E-state index is 11.6. The number of pyridine rings is 1. The molecule has 0 fully saturated rings. The first-order valence-electron chi connectivity index (χ1n) is 8.08. The van der Waals surface area contributed by atoms with E-state index in [1.807, 2.05) is 0 Å². The van der Waals surface area contributed by atoms with E-state index in [0.29, 0.717) is 22.9 Å². The summed E-state index contributed by atoms with van der Waals surface area (Å²) >= 11 is 0. The summed E-state index contributed by atoms with van der Waals surface area (Å²) in [5.74, 6) is 0.435. The van der Waals surface area contributed by atoms with E-state index >= 15 is 0 Å². The molecule has 150 valence electrons. The molecule has 12 heteroatoms. The van der Waals surface area contributed by atoms with Gasteiger partial charge in [0.15, 0.2) is 12.6 Å². The van der Waals surface area contributed by atoms with Crippen LogP contribution in [0.1, 0.15) is 0 Å². The Morgan fingerprint density at radius 2 is 1.96 bits per heavy atom. The molecule has 0 saturated heterocycles. The molecule has 0 radical (unpaired) electrons. The normalized spacial score (nSPS) is 13.2. The number of azo groups is 1. The second-order valence-corrected chi connectivity index (χ2v) is 7.41. The second-order valence-electron chi connectivity index (χ2n) is 5.54. The van der Waals surface area contributed by atoms with Crippen LogP contribution in [0.3, 0.4) is 0 Å². The number of carbonyl (C=O) groups is 1. The van der Waals surface area contributed by atoms with Gasteiger partial charge in [0.05, 0.1) is 6.54 Å². The fourth-order valence-corrected chi connectivity index (χ4v) is 2.17. The summed E-state index contributed by atoms with van der Waals surface area (Å²) in [4.78, 5) is 24.7. The molecule has 2 rings (SSSR count). The van der Waals surface area contributed by atoms with E-state index in [9.17, 15) is 9.36 Å². The van der Waals surface area contributed by atoms with Crippen LogP contribution in [0.15, 0.2) is 46.6 Å². The fourth-order valence-electron chi connectivity index (χ4n) is 1.93. The number of nitrogens with two attached hydrogens (primary N) is 1. The minimum Gasteiger partial charge on any atom is -0.465 e. The summed E-state index contributed by atoms with van der Waals surface area (Å²) in [6, 6.07) is 9.79. The van der Waals surface area contributed by atoms with Crippen LogP contribution in [-0.2, 0) is 13.9 Å². The SMILES string of the molecule is CNCC(=O)Nc1ccc(/N=N/c2ccccc2OCOP(C)(=O)O)c(N)n1. The monoisotopic (exact) mass is 408 g/mol. The molecule has 0 spiro atoms. The average molecular weight is 408 g/mol. The lowest BCUT2D eigenvalue weighted by Gasteiger charge is -2.10. The Kier molecular flexibility index (Phi) is 7.59. The number of aromatic nitrogens is 1. The first-order chi connectivity index (χ1) is 13.3. The van der Waals surface area contributed by atoms with Gasteiger partial charge in [-0.05, 0) is 31.3 Å². The number of likely N-dealkylation sites (N-methyl/N-ethyl adjacent to an activating group) is 1. The summed E-state index contributed by atoms with van der Waals surface area (Å²) in [7, 11) is -1.99. The Labute approximate surface area is 161 Å². The highest BCUT2D eigenvalue weighted by atomic mass is 31.2. The van der Waals surface area contributed by atoms with E-state index in [-0.39, 0.29) is 18.3 Å². The van der Waals surface area contributed by atoms with Crippen LogP contribution >= 0.6 is 7.60 Å². The largest absolute Gasteiger partial charge is 0.465 e. The Hall–Kier alpha value is -2.85. The van der Waals surface area contributed by atoms with Gasteiger partial charge in [0.25, 0.3) is 0 Å². The van der Waals surface area contributed by atoms with Crippen molar-refractivity contribution in [2.45, 2.75) is 0 Å². The van der Waals surface area contributed by atoms with Crippen molar-refractivity contribution in [1.29, 1.82) is 0 Å². The molecule has 1 unspecified atom stereocenters. The van der Waals surface area contributed by atoms with Gasteiger partial charge in [0.1, 0.15) is 22.9 Å². The fraction of sp³-hybridized carbons (Fsp3) is 0.250. The Morgan fingerprint density at radius 1 is 1.25 bits per heavy atom. The van der Waals surface area contributed by atoms with Crippen molar-refractivity contribution in [3.8, 4) is 5.75 Å². The smallest absolute Gasteiger partial charge is 0.327 e. The van der Waals surface area contributed by atoms with Crippen molar-refractivity contribution in [1.82, 2.24) is 10.3 Å². The van der Waals surface area contributed by atoms with E-state index < -0.39 is 14.4 Å². The molecular formula is C16H21N6O5P. The van der Waals surface area contributed by atoms with Crippen LogP contribution in [0, 0.1) is 0 Å². The molecule has 0 aliphatic rings. The number of hydrogen-bond acceptors (Lipinski definition) is 9. The van der Waals surface area contributed by atoms with Crippen LogP contribution in [0.4, 0.5) is 23.0 Å². The van der Waals surface area contributed by atoms with Gasteiger partial charge in [0.2, 0.25) is 5.91 Å². The third-order valence-corrected chi connectivity index (χ3v) is 3.73. The number of nitrogens with zero attached hydrogens (tertiary/aromatic N) is 3. The minimum atomic E-state index is -3.64. The number of nitrogens with one attached hydrogen (secondary N) is 2. The zero-order chi connectivity index (χ0) is 20.6. The topological polar surface area (TPSA) is 161 Å². The van der Waals surface area contributed by atoms with Crippen molar-refractivity contribution in [2.75, 3.05) is 38.1 Å². The van der Waals surface area contributed by atoms with Gasteiger partial charge in [-0.15, -0.1) is 10.2 Å². The van der Waals surface area contributed by atoms with E-state index in [1.165, 1.54) is 0 Å². The van der Waals surface area contributed by atoms with Gasteiger partial charge in [-0.2, -0.15) is 0 Å². The molecule has 1 aromatic heterocycles. The first-order valence-corrected chi connectivity index (χ1v) is 10.1. The standard InChI is InChI=1S/C16H21N6O5P/c1-18-9-15(23)19-14-8-7-12(16(17)20-14)22-21-11-5-3-4-6-13(11)26-10-27-28(2,24)25/h3-8,18H,9-10H2,1-2H3,(H,24,25)(H3,17,19,20,23)/b22-21+. The summed E-state index contributed by atoms with van der Waals surface area (Å²) in [5, 5.41) is 13.4. The van der Waals surface area contributed by atoms with Gasteiger partial charge < -0.3 is 26.0 Å². The van der Waals surface area contributed by atoms with Crippen LogP contribution in [0.2, 0.25) is 0 Å². The molecule has 0 aliphatic heterocycles. The molecule has 1 aromatic carbocycles. The molecule has 2 aromatic rings. The summed E-state index contributed by atoms with van der Waals surface area (Å²) in [6.07, 6.45) is 0. The number of hydrogen-bond donors (Lipinski definition) is 4. The van der Waals surface area contributed by atoms with Gasteiger partial charge in [0, 0.05) is 6.66 Å². The van der Waals surface area contributed by atoms with Crippen molar-refractivity contribution in [2.24, 2.45) is 10.2 Å². The van der Waals surface area contributed by atoms with Crippen molar-refractivity contribution >= 4 is 36.5 Å². The zero-order valence-electron chi connectivity index (χ0n) is 15.3. The molecule has 1 heterocycles. The maximum atomic E-state index is 11.6. The molecule has 0 saturated carbocycles. The number of ether oxygens (including phenoxy) is 1. The van der Waals surface area contributed by atoms with E-state index in [2.05, 4.69) is 30.4 Å². The minimum absolute atomic E-state index is 0.0833. The van der Waals surface area contributed by atoms with Crippen LogP contribution in [0.5, 0.6) is 5.75 Å². The number of carbonyl (C=O) groups excluding carboxylic acids is 1. The molecule has 28 heavy (non-hydrogen) atoms. The number of nitrogen functional groups attached to an aromatic ring is 1. The van der Waals surface area contributed by atoms with Gasteiger partial charge in [-0.1, -0.05) is 12.1 Å². The number of benzene rings is 1. The third kappa shape index (κ3) is 7.05. The highest BCUT2D eigenvalue weighted by molar-refractivity contribution is 7.51. The summed E-state index contributed by atoms with van der Waals surface area (Å²) in [6.45, 7) is 0.789. The maximum Gasteiger partial charge on any atom is 0.327 e. The Balaban J connectivity index is 2.09. The lowest BCUT2D eigenvalue weighted by molar-refractivity contribution is -0.115. The van der Waals surface area contributed by atoms with Crippen LogP contribution < -0.4 is 21.1 Å². The molecular weight excluding hydrogens is 387 g/mol. The first kappa shape index (κ1) is 21.5. The summed E-state index contributed by atoms with van der Waals surface area (Å²) in [5.41, 5.74) is 6.52. The van der Waals surface area contributed by atoms with Crippen LogP contribution in [0.25, 0.3) is 0 Å². The number of amides is 1.